The predicted octanol–water partition coefficient (Wildman–Crippen LogP) is 2.36. The number of carboxylic acids is 1. The number of aliphatic carboxylic acids is 1. The molecule has 1 aromatic carbocycles. The largest absolute Gasteiger partial charge is 0.478 e. The highest BCUT2D eigenvalue weighted by Crippen LogP contribution is 2.12. The third kappa shape index (κ3) is 2.94. The van der Waals surface area contributed by atoms with Crippen LogP contribution in [0.5, 0.6) is 5.75 Å². The number of hydrogen-bond donors (Lipinski definition) is 1. The van der Waals surface area contributed by atoms with Crippen LogP contribution >= 0.6 is 0 Å². The molecule has 74 valence electrons. The van der Waals surface area contributed by atoms with E-state index in [2.05, 4.69) is 0 Å². The Hall–Kier alpha value is -1.77. The first kappa shape index (κ1) is 10.3. The lowest BCUT2D eigenvalue weighted by Crippen LogP contribution is -1.97. The van der Waals surface area contributed by atoms with Crippen LogP contribution in [0.1, 0.15) is 12.5 Å². The van der Waals surface area contributed by atoms with Crippen molar-refractivity contribution in [1.29, 1.82) is 0 Å². The van der Waals surface area contributed by atoms with Gasteiger partial charge in [-0.05, 0) is 26.0 Å². The van der Waals surface area contributed by atoms with Crippen LogP contribution in [-0.4, -0.2) is 11.1 Å². The maximum absolute atomic E-state index is 10.4. The third-order valence-electron chi connectivity index (χ3n) is 1.73. The minimum absolute atomic E-state index is 0.172. The molecule has 0 aliphatic carbocycles. The van der Waals surface area contributed by atoms with Gasteiger partial charge in [0, 0.05) is 0 Å². The number of rotatable bonds is 3. The number of benzene rings is 1. The summed E-state index contributed by atoms with van der Waals surface area (Å²) in [4.78, 5) is 10.4. The van der Waals surface area contributed by atoms with E-state index in [1.165, 1.54) is 13.2 Å². The number of carboxylic acid groups (broad SMARTS) is 1. The van der Waals surface area contributed by atoms with Crippen molar-refractivity contribution in [2.24, 2.45) is 0 Å². The van der Waals surface area contributed by atoms with Crippen molar-refractivity contribution in [1.82, 2.24) is 0 Å². The average Bonchev–Trinajstić information content (AvgIpc) is 2.16. The van der Waals surface area contributed by atoms with Crippen LogP contribution in [0.25, 0.3) is 0 Å². The van der Waals surface area contributed by atoms with Crippen LogP contribution in [0.4, 0.5) is 0 Å². The first-order chi connectivity index (χ1) is 6.59. The maximum Gasteiger partial charge on any atom is 0.334 e. The molecule has 3 nitrogen and oxygen atoms in total. The van der Waals surface area contributed by atoms with Gasteiger partial charge in [0.2, 0.25) is 0 Å². The van der Waals surface area contributed by atoms with Crippen molar-refractivity contribution < 1.29 is 14.6 Å². The molecule has 0 heterocycles. The maximum atomic E-state index is 10.4. The molecule has 0 aliphatic heterocycles. The van der Waals surface area contributed by atoms with Gasteiger partial charge in [-0.3, -0.25) is 0 Å². The molecule has 0 bridgehead atoms. The zero-order valence-electron chi connectivity index (χ0n) is 8.15. The number of carbonyl (C=O) groups is 1. The van der Waals surface area contributed by atoms with Gasteiger partial charge < -0.3 is 9.84 Å². The highest BCUT2D eigenvalue weighted by atomic mass is 16.5. The lowest BCUT2D eigenvalue weighted by atomic mass is 10.2. The Morgan fingerprint density at radius 3 is 2.43 bits per heavy atom. The van der Waals surface area contributed by atoms with Gasteiger partial charge in [0.05, 0.1) is 5.57 Å². The van der Waals surface area contributed by atoms with Gasteiger partial charge >= 0.3 is 5.97 Å². The molecule has 0 unspecified atom stereocenters. The van der Waals surface area contributed by atoms with Crippen LogP contribution in [-0.2, 0) is 4.79 Å². The highest BCUT2D eigenvalue weighted by molar-refractivity contribution is 5.85. The van der Waals surface area contributed by atoms with Gasteiger partial charge in [0.25, 0.3) is 0 Å². The van der Waals surface area contributed by atoms with E-state index >= 15 is 0 Å². The van der Waals surface area contributed by atoms with Gasteiger partial charge in [0.1, 0.15) is 12.0 Å². The van der Waals surface area contributed by atoms with Crippen molar-refractivity contribution >= 4 is 5.97 Å². The van der Waals surface area contributed by atoms with Gasteiger partial charge in [0.15, 0.2) is 0 Å². The molecule has 0 fully saturated rings. The monoisotopic (exact) mass is 192 g/mol. The Morgan fingerprint density at radius 2 is 1.93 bits per heavy atom. The number of ether oxygens (including phenoxy) is 1. The van der Waals surface area contributed by atoms with E-state index in [-0.39, 0.29) is 5.57 Å². The molecule has 1 aromatic rings. The van der Waals surface area contributed by atoms with Crippen LogP contribution in [0, 0.1) is 6.92 Å². The lowest BCUT2D eigenvalue weighted by molar-refractivity contribution is -0.132. The van der Waals surface area contributed by atoms with Crippen LogP contribution in [0.3, 0.4) is 0 Å². The van der Waals surface area contributed by atoms with E-state index in [1.807, 2.05) is 19.1 Å². The SMILES string of the molecule is C/C(=C\Oc1ccc(C)cc1)C(=O)O. The number of aryl methyl sites for hydroxylation is 1. The van der Waals surface area contributed by atoms with Crippen molar-refractivity contribution in [2.45, 2.75) is 13.8 Å². The smallest absolute Gasteiger partial charge is 0.334 e. The van der Waals surface area contributed by atoms with E-state index in [0.717, 1.165) is 5.56 Å². The molecule has 0 radical (unpaired) electrons. The summed E-state index contributed by atoms with van der Waals surface area (Å²) in [5, 5.41) is 8.56. The molecule has 0 aromatic heterocycles. The Labute approximate surface area is 82.6 Å². The highest BCUT2D eigenvalue weighted by Gasteiger charge is 1.99. The summed E-state index contributed by atoms with van der Waals surface area (Å²) in [6, 6.07) is 7.39. The summed E-state index contributed by atoms with van der Waals surface area (Å²) in [6.45, 7) is 3.46. The standard InChI is InChI=1S/C11H12O3/c1-8-3-5-10(6-4-8)14-7-9(2)11(12)13/h3-7H,1-2H3,(H,12,13)/b9-7+. The fraction of sp³-hybridized carbons (Fsp3) is 0.182. The van der Waals surface area contributed by atoms with Gasteiger partial charge in [-0.1, -0.05) is 17.7 Å². The van der Waals surface area contributed by atoms with Crippen molar-refractivity contribution in [3.63, 3.8) is 0 Å². The molecule has 0 atom stereocenters. The molecule has 0 aliphatic rings. The minimum Gasteiger partial charge on any atom is -0.478 e. The van der Waals surface area contributed by atoms with Crippen molar-refractivity contribution in [2.75, 3.05) is 0 Å². The molecule has 0 saturated heterocycles. The number of hydrogen-bond acceptors (Lipinski definition) is 2. The van der Waals surface area contributed by atoms with E-state index in [0.29, 0.717) is 5.75 Å². The summed E-state index contributed by atoms with van der Waals surface area (Å²) in [7, 11) is 0. The summed E-state index contributed by atoms with van der Waals surface area (Å²) in [5.74, 6) is -0.340. The summed E-state index contributed by atoms with van der Waals surface area (Å²) in [5.41, 5.74) is 1.31. The van der Waals surface area contributed by atoms with E-state index in [9.17, 15) is 4.79 Å². The van der Waals surface area contributed by atoms with Crippen molar-refractivity contribution in [3.8, 4) is 5.75 Å². The first-order valence-corrected chi connectivity index (χ1v) is 4.23. The summed E-state index contributed by atoms with van der Waals surface area (Å²) < 4.78 is 5.14. The second-order valence-corrected chi connectivity index (χ2v) is 3.04. The normalized spacial score (nSPS) is 11.1. The topological polar surface area (TPSA) is 46.5 Å². The molecule has 0 saturated carbocycles. The summed E-state index contributed by atoms with van der Waals surface area (Å²) in [6.07, 6.45) is 1.23. The molecular formula is C11H12O3. The zero-order valence-corrected chi connectivity index (χ0v) is 8.15. The van der Waals surface area contributed by atoms with Crippen LogP contribution < -0.4 is 4.74 Å². The molecule has 1 rings (SSSR count). The molecule has 3 heteroatoms. The molecule has 0 amide bonds. The van der Waals surface area contributed by atoms with Gasteiger partial charge in [-0.2, -0.15) is 0 Å². The van der Waals surface area contributed by atoms with Crippen LogP contribution in [0.2, 0.25) is 0 Å². The Bertz CT molecular complexity index is 349. The zero-order chi connectivity index (χ0) is 10.6. The van der Waals surface area contributed by atoms with Gasteiger partial charge in [-0.15, -0.1) is 0 Å². The predicted molar refractivity (Wildman–Crippen MR) is 53.2 cm³/mol. The van der Waals surface area contributed by atoms with E-state index < -0.39 is 5.97 Å². The van der Waals surface area contributed by atoms with E-state index in [4.69, 9.17) is 9.84 Å². The van der Waals surface area contributed by atoms with E-state index in [1.54, 1.807) is 12.1 Å². The second-order valence-electron chi connectivity index (χ2n) is 3.04. The van der Waals surface area contributed by atoms with Crippen molar-refractivity contribution in [3.05, 3.63) is 41.7 Å². The van der Waals surface area contributed by atoms with Gasteiger partial charge in [-0.25, -0.2) is 4.79 Å². The third-order valence-corrected chi connectivity index (χ3v) is 1.73. The van der Waals surface area contributed by atoms with Crippen LogP contribution in [0.15, 0.2) is 36.1 Å². The minimum atomic E-state index is -0.975. The average molecular weight is 192 g/mol. The first-order valence-electron chi connectivity index (χ1n) is 4.23. The fourth-order valence-electron chi connectivity index (χ4n) is 0.824. The molecule has 0 spiro atoms. The second kappa shape index (κ2) is 4.46. The molecule has 14 heavy (non-hydrogen) atoms. The Morgan fingerprint density at radius 1 is 1.36 bits per heavy atom. The molecule has 1 N–H and O–H groups in total. The Balaban J connectivity index is 2.66. The quantitative estimate of drug-likeness (QED) is 0.590. The lowest BCUT2D eigenvalue weighted by Gasteiger charge is -2.00. The summed E-state index contributed by atoms with van der Waals surface area (Å²) >= 11 is 0. The fourth-order valence-corrected chi connectivity index (χ4v) is 0.824. The molecular weight excluding hydrogens is 180 g/mol. The Kier molecular flexibility index (Phi) is 3.29.